The monoisotopic (exact) mass is 210 g/mol. The van der Waals surface area contributed by atoms with Crippen LogP contribution in [0.25, 0.3) is 0 Å². The summed E-state index contributed by atoms with van der Waals surface area (Å²) in [5.41, 5.74) is 4.54. The number of aryl methyl sites for hydroxylation is 1. The van der Waals surface area contributed by atoms with Gasteiger partial charge in [0.2, 0.25) is 0 Å². The lowest BCUT2D eigenvalue weighted by Crippen LogP contribution is -2.12. The standard InChI is InChI=1S/C15H14O/c1-9-4-6-12-13(7-9)11-5-3-10(2)8-14(11)15(12)16/h3-8,12-13H,1-2H3. The Bertz CT molecular complexity index is 534. The minimum atomic E-state index is 0.0421. The van der Waals surface area contributed by atoms with Crippen molar-refractivity contribution in [2.24, 2.45) is 5.92 Å². The maximum absolute atomic E-state index is 12.2. The van der Waals surface area contributed by atoms with E-state index in [-0.39, 0.29) is 17.6 Å². The fourth-order valence-electron chi connectivity index (χ4n) is 2.71. The Morgan fingerprint density at radius 1 is 1.12 bits per heavy atom. The van der Waals surface area contributed by atoms with Crippen molar-refractivity contribution in [1.82, 2.24) is 0 Å². The largest absolute Gasteiger partial charge is 0.293 e. The van der Waals surface area contributed by atoms with Crippen LogP contribution in [0.1, 0.15) is 34.3 Å². The zero-order chi connectivity index (χ0) is 11.3. The summed E-state index contributed by atoms with van der Waals surface area (Å²) in [5, 5.41) is 0. The van der Waals surface area contributed by atoms with E-state index in [0.29, 0.717) is 0 Å². The highest BCUT2D eigenvalue weighted by Crippen LogP contribution is 2.42. The quantitative estimate of drug-likeness (QED) is 0.641. The zero-order valence-corrected chi connectivity index (χ0v) is 9.53. The fraction of sp³-hybridized carbons (Fsp3) is 0.267. The number of ketones is 1. The molecule has 1 heteroatoms. The molecule has 0 amide bonds. The van der Waals surface area contributed by atoms with Crippen LogP contribution in [0.4, 0.5) is 0 Å². The Morgan fingerprint density at radius 3 is 2.75 bits per heavy atom. The van der Waals surface area contributed by atoms with Crippen molar-refractivity contribution >= 4 is 5.78 Å². The van der Waals surface area contributed by atoms with Gasteiger partial charge in [-0.3, -0.25) is 4.79 Å². The molecule has 0 heterocycles. The summed E-state index contributed by atoms with van der Waals surface area (Å²) < 4.78 is 0. The minimum Gasteiger partial charge on any atom is -0.293 e. The predicted molar refractivity (Wildman–Crippen MR) is 64.6 cm³/mol. The normalized spacial score (nSPS) is 26.4. The van der Waals surface area contributed by atoms with E-state index in [1.165, 1.54) is 11.1 Å². The molecule has 2 unspecified atom stereocenters. The van der Waals surface area contributed by atoms with E-state index in [2.05, 4.69) is 37.3 Å². The molecule has 1 aromatic rings. The average molecular weight is 210 g/mol. The first kappa shape index (κ1) is 9.59. The lowest BCUT2D eigenvalue weighted by atomic mass is 9.86. The number of carbonyl (C=O) groups excluding carboxylic acids is 1. The van der Waals surface area contributed by atoms with Gasteiger partial charge in [-0.15, -0.1) is 0 Å². The number of Topliss-reactive ketones (excluding diaryl/α,β-unsaturated/α-hetero) is 1. The predicted octanol–water partition coefficient (Wildman–Crippen LogP) is 3.41. The molecule has 2 aliphatic carbocycles. The van der Waals surface area contributed by atoms with Gasteiger partial charge in [-0.1, -0.05) is 41.5 Å². The van der Waals surface area contributed by atoms with Crippen molar-refractivity contribution in [3.05, 3.63) is 58.7 Å². The molecule has 2 aliphatic rings. The van der Waals surface area contributed by atoms with Gasteiger partial charge in [-0.25, -0.2) is 0 Å². The molecule has 0 saturated heterocycles. The Labute approximate surface area is 95.5 Å². The molecule has 3 rings (SSSR count). The third-order valence-corrected chi connectivity index (χ3v) is 3.53. The van der Waals surface area contributed by atoms with E-state index in [0.717, 1.165) is 11.1 Å². The smallest absolute Gasteiger partial charge is 0.170 e. The lowest BCUT2D eigenvalue weighted by molar-refractivity contribution is 0.0954. The second-order valence-electron chi connectivity index (χ2n) is 4.78. The number of fused-ring (bicyclic) bond motifs is 3. The van der Waals surface area contributed by atoms with E-state index in [9.17, 15) is 4.79 Å². The molecule has 0 saturated carbocycles. The third-order valence-electron chi connectivity index (χ3n) is 3.53. The van der Waals surface area contributed by atoms with Crippen LogP contribution in [0.5, 0.6) is 0 Å². The molecule has 2 atom stereocenters. The lowest BCUT2D eigenvalue weighted by Gasteiger charge is -2.16. The van der Waals surface area contributed by atoms with Crippen LogP contribution < -0.4 is 0 Å². The molecule has 16 heavy (non-hydrogen) atoms. The van der Waals surface area contributed by atoms with Crippen LogP contribution >= 0.6 is 0 Å². The van der Waals surface area contributed by atoms with E-state index < -0.39 is 0 Å². The van der Waals surface area contributed by atoms with Crippen molar-refractivity contribution in [3.63, 3.8) is 0 Å². The number of carbonyl (C=O) groups is 1. The summed E-state index contributed by atoms with van der Waals surface area (Å²) in [5.74, 6) is 0.595. The Morgan fingerprint density at radius 2 is 1.94 bits per heavy atom. The highest BCUT2D eigenvalue weighted by atomic mass is 16.1. The maximum Gasteiger partial charge on any atom is 0.170 e. The van der Waals surface area contributed by atoms with Crippen molar-refractivity contribution in [2.45, 2.75) is 19.8 Å². The highest BCUT2D eigenvalue weighted by Gasteiger charge is 2.37. The molecule has 0 aromatic heterocycles. The third kappa shape index (κ3) is 1.21. The Hall–Kier alpha value is -1.63. The molecule has 1 nitrogen and oxygen atoms in total. The first-order valence-electron chi connectivity index (χ1n) is 5.68. The maximum atomic E-state index is 12.2. The zero-order valence-electron chi connectivity index (χ0n) is 9.53. The van der Waals surface area contributed by atoms with E-state index in [4.69, 9.17) is 0 Å². The Kier molecular flexibility index (Phi) is 1.90. The van der Waals surface area contributed by atoms with Gasteiger partial charge in [-0.2, -0.15) is 0 Å². The molecular weight excluding hydrogens is 196 g/mol. The van der Waals surface area contributed by atoms with Crippen molar-refractivity contribution in [2.75, 3.05) is 0 Å². The van der Waals surface area contributed by atoms with Gasteiger partial charge in [0.1, 0.15) is 0 Å². The van der Waals surface area contributed by atoms with Gasteiger partial charge in [-0.05, 0) is 25.5 Å². The minimum absolute atomic E-state index is 0.0421. The molecule has 0 N–H and O–H groups in total. The molecular formula is C15H14O. The fourth-order valence-corrected chi connectivity index (χ4v) is 2.71. The van der Waals surface area contributed by atoms with Crippen LogP contribution in [0.15, 0.2) is 42.0 Å². The summed E-state index contributed by atoms with van der Waals surface area (Å²) in [7, 11) is 0. The second-order valence-corrected chi connectivity index (χ2v) is 4.78. The molecule has 1 aromatic carbocycles. The summed E-state index contributed by atoms with van der Waals surface area (Å²) in [4.78, 5) is 12.2. The van der Waals surface area contributed by atoms with Crippen LogP contribution in [-0.4, -0.2) is 5.78 Å². The number of benzene rings is 1. The van der Waals surface area contributed by atoms with E-state index in [1.807, 2.05) is 13.0 Å². The summed E-state index contributed by atoms with van der Waals surface area (Å²) in [6.07, 6.45) is 6.32. The van der Waals surface area contributed by atoms with Crippen molar-refractivity contribution < 1.29 is 4.79 Å². The van der Waals surface area contributed by atoms with Crippen LogP contribution in [-0.2, 0) is 0 Å². The molecule has 0 bridgehead atoms. The molecule has 0 aliphatic heterocycles. The molecule has 0 radical (unpaired) electrons. The van der Waals surface area contributed by atoms with Crippen LogP contribution in [0, 0.1) is 12.8 Å². The highest BCUT2D eigenvalue weighted by molar-refractivity contribution is 6.05. The summed E-state index contributed by atoms with van der Waals surface area (Å²) in [6.45, 7) is 4.12. The molecule has 80 valence electrons. The van der Waals surface area contributed by atoms with Gasteiger partial charge in [0.15, 0.2) is 5.78 Å². The van der Waals surface area contributed by atoms with Gasteiger partial charge >= 0.3 is 0 Å². The Balaban J connectivity index is 2.19. The number of rotatable bonds is 0. The summed E-state index contributed by atoms with van der Waals surface area (Å²) in [6, 6.07) is 6.22. The van der Waals surface area contributed by atoms with Crippen LogP contribution in [0.3, 0.4) is 0 Å². The molecule has 0 spiro atoms. The van der Waals surface area contributed by atoms with Gasteiger partial charge < -0.3 is 0 Å². The number of hydrogen-bond donors (Lipinski definition) is 0. The first-order chi connectivity index (χ1) is 7.66. The van der Waals surface area contributed by atoms with E-state index in [1.54, 1.807) is 0 Å². The SMILES string of the molecule is CC1=CC2c3ccc(C)cc3C(=O)C2C=C1. The second kappa shape index (κ2) is 3.18. The van der Waals surface area contributed by atoms with Gasteiger partial charge in [0.05, 0.1) is 5.92 Å². The van der Waals surface area contributed by atoms with Gasteiger partial charge in [0.25, 0.3) is 0 Å². The van der Waals surface area contributed by atoms with Crippen LogP contribution in [0.2, 0.25) is 0 Å². The average Bonchev–Trinajstić information content (AvgIpc) is 2.52. The van der Waals surface area contributed by atoms with E-state index >= 15 is 0 Å². The molecule has 0 fully saturated rings. The topological polar surface area (TPSA) is 17.1 Å². The van der Waals surface area contributed by atoms with Crippen molar-refractivity contribution in [1.29, 1.82) is 0 Å². The van der Waals surface area contributed by atoms with Crippen molar-refractivity contribution in [3.8, 4) is 0 Å². The number of hydrogen-bond acceptors (Lipinski definition) is 1. The van der Waals surface area contributed by atoms with Gasteiger partial charge in [0, 0.05) is 11.5 Å². The summed E-state index contributed by atoms with van der Waals surface area (Å²) >= 11 is 0. The number of allylic oxidation sites excluding steroid dienone is 4. The first-order valence-corrected chi connectivity index (χ1v) is 5.68.